The highest BCUT2D eigenvalue weighted by atomic mass is 32.1. The number of nitrogens with zero attached hydrogens (tertiary/aromatic N) is 3. The van der Waals surface area contributed by atoms with Gasteiger partial charge >= 0.3 is 5.97 Å². The first-order chi connectivity index (χ1) is 11.2. The Morgan fingerprint density at radius 1 is 1.52 bits per heavy atom. The molecular weight excluding hydrogens is 333 g/mol. The summed E-state index contributed by atoms with van der Waals surface area (Å²) in [6.45, 7) is 5.12. The SMILES string of the molecule is CCCC.O=C(OPO)C1CCCN1c1ccnc(CCS)n1. The van der Waals surface area contributed by atoms with E-state index in [1.54, 1.807) is 12.3 Å². The number of aryl methyl sites for hydroxylation is 1. The molecule has 1 saturated heterocycles. The predicted octanol–water partition coefficient (Wildman–Crippen LogP) is 2.77. The van der Waals surface area contributed by atoms with E-state index >= 15 is 0 Å². The van der Waals surface area contributed by atoms with Crippen LogP contribution in [0, 0.1) is 0 Å². The monoisotopic (exact) mass is 359 g/mol. The highest BCUT2D eigenvalue weighted by Gasteiger charge is 2.33. The summed E-state index contributed by atoms with van der Waals surface area (Å²) in [4.78, 5) is 31.0. The van der Waals surface area contributed by atoms with Crippen molar-refractivity contribution >= 4 is 33.5 Å². The van der Waals surface area contributed by atoms with Gasteiger partial charge in [-0.15, -0.1) is 0 Å². The van der Waals surface area contributed by atoms with E-state index in [2.05, 4.69) is 36.4 Å². The van der Waals surface area contributed by atoms with Crippen LogP contribution in [0.5, 0.6) is 0 Å². The Labute approximate surface area is 145 Å². The number of aromatic nitrogens is 2. The van der Waals surface area contributed by atoms with Gasteiger partial charge in [0.1, 0.15) is 17.7 Å². The van der Waals surface area contributed by atoms with Crippen LogP contribution in [0.3, 0.4) is 0 Å². The third-order valence-corrected chi connectivity index (χ3v) is 4.01. The highest BCUT2D eigenvalue weighted by molar-refractivity contribution is 7.80. The Morgan fingerprint density at radius 3 is 2.87 bits per heavy atom. The number of unbranched alkanes of at least 4 members (excludes halogenated alkanes) is 1. The summed E-state index contributed by atoms with van der Waals surface area (Å²) in [6, 6.07) is 1.42. The molecule has 1 fully saturated rings. The molecule has 23 heavy (non-hydrogen) atoms. The second-order valence-corrected chi connectivity index (χ2v) is 6.00. The van der Waals surface area contributed by atoms with Crippen molar-refractivity contribution in [2.24, 2.45) is 0 Å². The number of rotatable bonds is 6. The molecule has 1 aliphatic rings. The van der Waals surface area contributed by atoms with E-state index in [0.29, 0.717) is 12.2 Å². The van der Waals surface area contributed by atoms with Crippen LogP contribution in [-0.2, 0) is 15.7 Å². The minimum absolute atomic E-state index is 0.363. The first kappa shape index (κ1) is 20.1. The van der Waals surface area contributed by atoms with Crippen LogP contribution in [0.1, 0.15) is 45.4 Å². The number of carbonyl (C=O) groups is 1. The van der Waals surface area contributed by atoms with Gasteiger partial charge in [0, 0.05) is 19.2 Å². The molecular formula is C15H26N3O3PS. The molecule has 6 nitrogen and oxygen atoms in total. The molecule has 2 heterocycles. The summed E-state index contributed by atoms with van der Waals surface area (Å²) in [6.07, 6.45) is 6.64. The molecule has 0 spiro atoms. The van der Waals surface area contributed by atoms with Crippen molar-refractivity contribution in [2.45, 2.75) is 52.0 Å². The molecule has 1 aromatic heterocycles. The molecule has 2 unspecified atom stereocenters. The number of hydrogen-bond donors (Lipinski definition) is 2. The molecule has 0 aromatic carbocycles. The molecule has 0 radical (unpaired) electrons. The van der Waals surface area contributed by atoms with Crippen molar-refractivity contribution in [3.8, 4) is 0 Å². The van der Waals surface area contributed by atoms with Crippen molar-refractivity contribution in [1.29, 1.82) is 0 Å². The Bertz CT molecular complexity index is 477. The van der Waals surface area contributed by atoms with Gasteiger partial charge in [-0.2, -0.15) is 12.6 Å². The van der Waals surface area contributed by atoms with Crippen molar-refractivity contribution in [3.63, 3.8) is 0 Å². The van der Waals surface area contributed by atoms with Gasteiger partial charge in [-0.1, -0.05) is 26.7 Å². The van der Waals surface area contributed by atoms with Gasteiger partial charge < -0.3 is 14.3 Å². The number of anilines is 1. The van der Waals surface area contributed by atoms with E-state index in [4.69, 9.17) is 9.42 Å². The van der Waals surface area contributed by atoms with Crippen LogP contribution in [-0.4, -0.2) is 39.2 Å². The Kier molecular flexibility index (Phi) is 10.2. The standard InChI is InChI=1S/C11H16N3O3PS.C4H10/c15-11(17-18-16)8-2-1-6-14(8)10-3-5-12-9(13-10)4-7-19;1-3-4-2/h3,5,8,16,18-19H,1-2,4,6-7H2;3-4H2,1-2H3. The molecule has 0 aliphatic carbocycles. The van der Waals surface area contributed by atoms with E-state index in [0.717, 1.165) is 31.0 Å². The molecule has 1 aliphatic heterocycles. The highest BCUT2D eigenvalue weighted by Crippen LogP contribution is 2.26. The minimum Gasteiger partial charge on any atom is -0.418 e. The van der Waals surface area contributed by atoms with Crippen LogP contribution in [0.4, 0.5) is 5.82 Å². The molecule has 0 bridgehead atoms. The first-order valence-corrected chi connectivity index (χ1v) is 9.45. The van der Waals surface area contributed by atoms with Crippen molar-refractivity contribution in [3.05, 3.63) is 18.1 Å². The lowest BCUT2D eigenvalue weighted by Crippen LogP contribution is -2.37. The van der Waals surface area contributed by atoms with Crippen LogP contribution < -0.4 is 4.90 Å². The third-order valence-electron chi connectivity index (χ3n) is 3.49. The maximum atomic E-state index is 11.8. The maximum absolute atomic E-state index is 11.8. The number of thiol groups is 1. The van der Waals surface area contributed by atoms with Crippen molar-refractivity contribution < 1.29 is 14.2 Å². The maximum Gasteiger partial charge on any atom is 0.333 e. The van der Waals surface area contributed by atoms with E-state index < -0.39 is 15.0 Å². The summed E-state index contributed by atoms with van der Waals surface area (Å²) in [7, 11) is -0.809. The Morgan fingerprint density at radius 2 is 2.26 bits per heavy atom. The molecule has 2 atom stereocenters. The molecule has 0 saturated carbocycles. The van der Waals surface area contributed by atoms with E-state index in [9.17, 15) is 4.79 Å². The smallest absolute Gasteiger partial charge is 0.333 e. The minimum atomic E-state index is -0.809. The molecule has 1 N–H and O–H groups in total. The lowest BCUT2D eigenvalue weighted by atomic mass is 10.2. The molecule has 130 valence electrons. The fourth-order valence-electron chi connectivity index (χ4n) is 2.17. The summed E-state index contributed by atoms with van der Waals surface area (Å²) >= 11 is 4.16. The van der Waals surface area contributed by atoms with E-state index in [1.165, 1.54) is 12.8 Å². The van der Waals surface area contributed by atoms with Gasteiger partial charge in [0.15, 0.2) is 0 Å². The number of hydrogen-bond acceptors (Lipinski definition) is 7. The summed E-state index contributed by atoms with van der Waals surface area (Å²) < 4.78 is 4.70. The summed E-state index contributed by atoms with van der Waals surface area (Å²) in [5.41, 5.74) is 0. The number of carbonyl (C=O) groups excluding carboxylic acids is 1. The third kappa shape index (κ3) is 6.61. The Balaban J connectivity index is 0.000000593. The van der Waals surface area contributed by atoms with Crippen LogP contribution in [0.2, 0.25) is 0 Å². The summed E-state index contributed by atoms with van der Waals surface area (Å²) in [5, 5.41) is 0. The second-order valence-electron chi connectivity index (χ2n) is 5.17. The molecule has 8 heteroatoms. The van der Waals surface area contributed by atoms with Gasteiger partial charge in [0.05, 0.1) is 0 Å². The molecule has 2 rings (SSSR count). The van der Waals surface area contributed by atoms with Gasteiger partial charge in [-0.25, -0.2) is 14.8 Å². The quantitative estimate of drug-likeness (QED) is 0.601. The predicted molar refractivity (Wildman–Crippen MR) is 97.2 cm³/mol. The fraction of sp³-hybridized carbons (Fsp3) is 0.667. The zero-order valence-electron chi connectivity index (χ0n) is 13.7. The largest absolute Gasteiger partial charge is 0.418 e. The van der Waals surface area contributed by atoms with Crippen LogP contribution in [0.25, 0.3) is 0 Å². The van der Waals surface area contributed by atoms with E-state index in [1.807, 2.05) is 4.90 Å². The fourth-order valence-corrected chi connectivity index (χ4v) is 2.59. The zero-order valence-corrected chi connectivity index (χ0v) is 15.6. The lowest BCUT2D eigenvalue weighted by Gasteiger charge is -2.23. The average molecular weight is 359 g/mol. The normalized spacial score (nSPS) is 17.2. The van der Waals surface area contributed by atoms with Gasteiger partial charge in [0.25, 0.3) is 0 Å². The molecule has 0 amide bonds. The van der Waals surface area contributed by atoms with Gasteiger partial charge in [-0.05, 0) is 24.7 Å². The van der Waals surface area contributed by atoms with Gasteiger partial charge in [0.2, 0.25) is 9.03 Å². The molecule has 1 aromatic rings. The van der Waals surface area contributed by atoms with Crippen LogP contribution in [0.15, 0.2) is 12.3 Å². The second kappa shape index (κ2) is 11.6. The Hall–Kier alpha value is -0.910. The van der Waals surface area contributed by atoms with Crippen LogP contribution >= 0.6 is 21.7 Å². The van der Waals surface area contributed by atoms with E-state index in [-0.39, 0.29) is 6.04 Å². The average Bonchev–Trinajstić information content (AvgIpc) is 3.06. The van der Waals surface area contributed by atoms with Gasteiger partial charge in [-0.3, -0.25) is 0 Å². The van der Waals surface area contributed by atoms with Crippen molar-refractivity contribution in [2.75, 3.05) is 17.2 Å². The van der Waals surface area contributed by atoms with Crippen molar-refractivity contribution in [1.82, 2.24) is 9.97 Å². The lowest BCUT2D eigenvalue weighted by molar-refractivity contribution is -0.135. The zero-order chi connectivity index (χ0) is 17.1. The first-order valence-electron chi connectivity index (χ1n) is 7.97. The summed E-state index contributed by atoms with van der Waals surface area (Å²) in [5.74, 6) is 1.73. The topological polar surface area (TPSA) is 75.6 Å².